The molecular formula is C65H127NO5. The van der Waals surface area contributed by atoms with Crippen molar-refractivity contribution in [1.82, 2.24) is 5.32 Å². The minimum absolute atomic E-state index is 0.00130. The Bertz CT molecular complexity index is 1060. The van der Waals surface area contributed by atoms with Crippen LogP contribution in [0.4, 0.5) is 0 Å². The second kappa shape index (κ2) is 61.1. The van der Waals surface area contributed by atoms with E-state index in [0.29, 0.717) is 19.4 Å². The van der Waals surface area contributed by atoms with Crippen molar-refractivity contribution in [1.29, 1.82) is 0 Å². The predicted octanol–water partition coefficient (Wildman–Crippen LogP) is 20.4. The Labute approximate surface area is 444 Å². The minimum Gasteiger partial charge on any atom is -0.466 e. The highest BCUT2D eigenvalue weighted by Crippen LogP contribution is 2.18. The van der Waals surface area contributed by atoms with Gasteiger partial charge >= 0.3 is 5.97 Å². The van der Waals surface area contributed by atoms with Crippen molar-refractivity contribution in [3.63, 3.8) is 0 Å². The molecule has 0 radical (unpaired) electrons. The lowest BCUT2D eigenvalue weighted by Crippen LogP contribution is -2.45. The lowest BCUT2D eigenvalue weighted by atomic mass is 10.0. The molecule has 2 atom stereocenters. The second-order valence-electron chi connectivity index (χ2n) is 22.5. The fraction of sp³-hybridized carbons (Fsp3) is 0.938. The van der Waals surface area contributed by atoms with Crippen molar-refractivity contribution >= 4 is 11.9 Å². The second-order valence-corrected chi connectivity index (χ2v) is 22.5. The molecule has 0 saturated carbocycles. The third kappa shape index (κ3) is 57.7. The zero-order valence-electron chi connectivity index (χ0n) is 48.2. The van der Waals surface area contributed by atoms with Crippen molar-refractivity contribution in [3.05, 3.63) is 12.2 Å². The molecule has 0 spiro atoms. The van der Waals surface area contributed by atoms with Gasteiger partial charge < -0.3 is 20.3 Å². The summed E-state index contributed by atoms with van der Waals surface area (Å²) >= 11 is 0. The number of nitrogens with one attached hydrogen (secondary N) is 1. The third-order valence-electron chi connectivity index (χ3n) is 15.3. The molecule has 6 heteroatoms. The van der Waals surface area contributed by atoms with Crippen molar-refractivity contribution in [3.8, 4) is 0 Å². The Morgan fingerprint density at radius 1 is 0.380 bits per heavy atom. The molecule has 1 amide bonds. The van der Waals surface area contributed by atoms with E-state index < -0.39 is 12.1 Å². The minimum atomic E-state index is -0.852. The van der Waals surface area contributed by atoms with Crippen molar-refractivity contribution in [2.75, 3.05) is 13.2 Å². The van der Waals surface area contributed by atoms with Crippen LogP contribution < -0.4 is 5.32 Å². The Morgan fingerprint density at radius 3 is 0.958 bits per heavy atom. The third-order valence-corrected chi connectivity index (χ3v) is 15.3. The number of amides is 1. The van der Waals surface area contributed by atoms with Crippen LogP contribution in [0.5, 0.6) is 0 Å². The van der Waals surface area contributed by atoms with Crippen LogP contribution in [0.3, 0.4) is 0 Å². The SMILES string of the molecule is CCCCCCCCCCCCCCCCCCCCCCCC/C=C/C(O)C(CO)NC(=O)CCCCCCCCCCCCCCCCOC(=O)CCCCCCCCCCCCCCCCCC. The lowest BCUT2D eigenvalue weighted by Gasteiger charge is -2.20. The molecule has 0 aliphatic rings. The molecule has 3 N–H and O–H groups in total. The molecule has 0 rings (SSSR count). The molecule has 6 nitrogen and oxygen atoms in total. The van der Waals surface area contributed by atoms with Crippen LogP contribution in [-0.2, 0) is 14.3 Å². The van der Waals surface area contributed by atoms with E-state index in [9.17, 15) is 19.8 Å². The number of carbonyl (C=O) groups excluding carboxylic acids is 2. The maximum atomic E-state index is 12.5. The standard InChI is InChI=1S/C65H127NO5/c1-3-5-7-9-11-13-15-17-19-21-22-23-24-25-26-27-28-29-33-37-41-45-49-53-57-63(68)62(61-67)66-64(69)58-54-50-46-42-38-34-31-32-36-40-44-48-52-56-60-71-65(70)59-55-51-47-43-39-35-30-20-18-16-14-12-10-8-6-4-2/h53,57,62-63,67-68H,3-52,54-56,58-61H2,1-2H3,(H,66,69)/b57-53+. The van der Waals surface area contributed by atoms with E-state index in [4.69, 9.17) is 4.74 Å². The average Bonchev–Trinajstić information content (AvgIpc) is 3.37. The Morgan fingerprint density at radius 2 is 0.648 bits per heavy atom. The first-order valence-electron chi connectivity index (χ1n) is 32.5. The first-order chi connectivity index (χ1) is 35.0. The Balaban J connectivity index is 3.45. The maximum absolute atomic E-state index is 12.5. The Kier molecular flexibility index (Phi) is 59.9. The molecule has 0 heterocycles. The molecule has 0 bridgehead atoms. The van der Waals surface area contributed by atoms with Gasteiger partial charge in [-0.05, 0) is 32.1 Å². The summed E-state index contributed by atoms with van der Waals surface area (Å²) in [6.07, 6.45) is 74.0. The van der Waals surface area contributed by atoms with E-state index in [2.05, 4.69) is 19.2 Å². The van der Waals surface area contributed by atoms with E-state index >= 15 is 0 Å². The quantitative estimate of drug-likeness (QED) is 0.0320. The van der Waals surface area contributed by atoms with Crippen LogP contribution in [0.25, 0.3) is 0 Å². The van der Waals surface area contributed by atoms with Gasteiger partial charge in [0.25, 0.3) is 0 Å². The van der Waals surface area contributed by atoms with Crippen molar-refractivity contribution in [2.24, 2.45) is 0 Å². The summed E-state index contributed by atoms with van der Waals surface area (Å²) in [6, 6.07) is -0.636. The van der Waals surface area contributed by atoms with E-state index in [1.165, 1.54) is 283 Å². The molecule has 71 heavy (non-hydrogen) atoms. The number of rotatable bonds is 61. The fourth-order valence-corrected chi connectivity index (χ4v) is 10.3. The molecule has 2 unspecified atom stereocenters. The van der Waals surface area contributed by atoms with E-state index in [1.54, 1.807) is 6.08 Å². The van der Waals surface area contributed by atoms with Gasteiger partial charge in [-0.15, -0.1) is 0 Å². The molecule has 0 aromatic heterocycles. The molecule has 0 aromatic rings. The van der Waals surface area contributed by atoms with E-state index in [-0.39, 0.29) is 18.5 Å². The molecular weight excluding hydrogens is 875 g/mol. The van der Waals surface area contributed by atoms with Gasteiger partial charge in [0.1, 0.15) is 0 Å². The zero-order valence-corrected chi connectivity index (χ0v) is 48.2. The molecule has 0 saturated heterocycles. The van der Waals surface area contributed by atoms with Crippen molar-refractivity contribution in [2.45, 2.75) is 379 Å². The topological polar surface area (TPSA) is 95.9 Å². The van der Waals surface area contributed by atoms with Gasteiger partial charge in [0.15, 0.2) is 0 Å². The molecule has 0 aliphatic carbocycles. The van der Waals surface area contributed by atoms with Gasteiger partial charge in [-0.3, -0.25) is 9.59 Å². The number of aliphatic hydroxyl groups is 2. The number of hydrogen-bond donors (Lipinski definition) is 3. The first kappa shape index (κ1) is 69.6. The molecule has 0 fully saturated rings. The Hall–Kier alpha value is -1.40. The number of unbranched alkanes of at least 4 members (excludes halogenated alkanes) is 50. The van der Waals surface area contributed by atoms with E-state index in [0.717, 1.165) is 57.8 Å². The smallest absolute Gasteiger partial charge is 0.305 e. The van der Waals surface area contributed by atoms with Gasteiger partial charge in [0, 0.05) is 12.8 Å². The molecule has 0 aliphatic heterocycles. The number of hydrogen-bond acceptors (Lipinski definition) is 5. The monoisotopic (exact) mass is 1000 g/mol. The summed E-state index contributed by atoms with van der Waals surface area (Å²) in [4.78, 5) is 24.6. The number of ether oxygens (including phenoxy) is 1. The summed E-state index contributed by atoms with van der Waals surface area (Å²) in [5, 5.41) is 23.2. The van der Waals surface area contributed by atoms with E-state index in [1.807, 2.05) is 6.08 Å². The highest BCUT2D eigenvalue weighted by atomic mass is 16.5. The predicted molar refractivity (Wildman–Crippen MR) is 310 cm³/mol. The average molecular weight is 1000 g/mol. The van der Waals surface area contributed by atoms with Crippen molar-refractivity contribution < 1.29 is 24.5 Å². The highest BCUT2D eigenvalue weighted by molar-refractivity contribution is 5.76. The van der Waals surface area contributed by atoms with Gasteiger partial charge in [-0.25, -0.2) is 0 Å². The van der Waals surface area contributed by atoms with Gasteiger partial charge in [0.05, 0.1) is 25.4 Å². The van der Waals surface area contributed by atoms with Crippen LogP contribution >= 0.6 is 0 Å². The number of esters is 1. The highest BCUT2D eigenvalue weighted by Gasteiger charge is 2.18. The molecule has 422 valence electrons. The maximum Gasteiger partial charge on any atom is 0.305 e. The van der Waals surface area contributed by atoms with Crippen LogP contribution in [0.1, 0.15) is 367 Å². The first-order valence-corrected chi connectivity index (χ1v) is 32.5. The largest absolute Gasteiger partial charge is 0.466 e. The summed E-state index contributed by atoms with van der Waals surface area (Å²) in [5.41, 5.74) is 0. The summed E-state index contributed by atoms with van der Waals surface area (Å²) in [5.74, 6) is -0.0724. The lowest BCUT2D eigenvalue weighted by molar-refractivity contribution is -0.143. The number of aliphatic hydroxyl groups excluding tert-OH is 2. The van der Waals surface area contributed by atoms with Crippen LogP contribution in [0.15, 0.2) is 12.2 Å². The van der Waals surface area contributed by atoms with Gasteiger partial charge in [0.2, 0.25) is 5.91 Å². The van der Waals surface area contributed by atoms with Gasteiger partial charge in [-0.1, -0.05) is 334 Å². The van der Waals surface area contributed by atoms with Crippen LogP contribution in [-0.4, -0.2) is 47.4 Å². The summed E-state index contributed by atoms with van der Waals surface area (Å²) in [6.45, 7) is 4.92. The van der Waals surface area contributed by atoms with Crippen LogP contribution in [0.2, 0.25) is 0 Å². The fourth-order valence-electron chi connectivity index (χ4n) is 10.3. The number of allylic oxidation sites excluding steroid dienone is 1. The normalized spacial score (nSPS) is 12.6. The molecule has 0 aromatic carbocycles. The summed E-state index contributed by atoms with van der Waals surface area (Å²) in [7, 11) is 0. The van der Waals surface area contributed by atoms with Crippen LogP contribution in [0, 0.1) is 0 Å². The number of carbonyl (C=O) groups is 2. The zero-order chi connectivity index (χ0) is 51.4. The van der Waals surface area contributed by atoms with Gasteiger partial charge in [-0.2, -0.15) is 0 Å². The summed E-state index contributed by atoms with van der Waals surface area (Å²) < 4.78 is 5.49.